The average Bonchev–Trinajstić information content (AvgIpc) is 2.73. The molecule has 0 saturated carbocycles. The summed E-state index contributed by atoms with van der Waals surface area (Å²) in [5.41, 5.74) is 3.48. The molecular weight excluding hydrogens is 326 g/mol. The van der Waals surface area contributed by atoms with Crippen LogP contribution in [0.2, 0.25) is 0 Å². The van der Waals surface area contributed by atoms with Crippen molar-refractivity contribution in [3.8, 4) is 0 Å². The summed E-state index contributed by atoms with van der Waals surface area (Å²) in [6, 6.07) is 10.3. The summed E-state index contributed by atoms with van der Waals surface area (Å²) in [5.74, 6) is 0. The van der Waals surface area contributed by atoms with Gasteiger partial charge in [-0.3, -0.25) is 0 Å². The Morgan fingerprint density at radius 3 is 1.67 bits per heavy atom. The molecule has 0 aliphatic heterocycles. The molecule has 0 atom stereocenters. The minimum Gasteiger partial charge on any atom is -0.319 e. The van der Waals surface area contributed by atoms with Gasteiger partial charge in [-0.15, -0.1) is 13.2 Å². The fourth-order valence-corrected chi connectivity index (χ4v) is 1.82. The molecule has 1 nitrogen and oxygen atoms in total. The van der Waals surface area contributed by atoms with E-state index in [0.717, 1.165) is 11.4 Å². The van der Waals surface area contributed by atoms with E-state index in [-0.39, 0.29) is 0 Å². The van der Waals surface area contributed by atoms with Crippen LogP contribution < -0.4 is 4.90 Å². The highest BCUT2D eigenvalue weighted by atomic mass is 15.1. The van der Waals surface area contributed by atoms with Crippen molar-refractivity contribution in [2.75, 3.05) is 4.90 Å². The Morgan fingerprint density at radius 1 is 0.889 bits per heavy atom. The van der Waals surface area contributed by atoms with Crippen LogP contribution in [0.1, 0.15) is 68.7 Å². The maximum atomic E-state index is 3.76. The molecule has 0 spiro atoms. The molecule has 154 valence electrons. The fourth-order valence-electron chi connectivity index (χ4n) is 1.82. The summed E-state index contributed by atoms with van der Waals surface area (Å²) >= 11 is 0. The highest BCUT2D eigenvalue weighted by Crippen LogP contribution is 2.23. The monoisotopic (exact) mass is 371 g/mol. The highest BCUT2D eigenvalue weighted by molar-refractivity contribution is 5.58. The third-order valence-electron chi connectivity index (χ3n) is 2.61. The van der Waals surface area contributed by atoms with Gasteiger partial charge >= 0.3 is 0 Å². The smallest absolute Gasteiger partial charge is 0.0454 e. The molecule has 0 amide bonds. The second-order valence-electron chi connectivity index (χ2n) is 4.76. The Hall–Kier alpha value is -2.28. The van der Waals surface area contributed by atoms with Crippen molar-refractivity contribution in [2.24, 2.45) is 0 Å². The van der Waals surface area contributed by atoms with Crippen LogP contribution in [0, 0.1) is 0 Å². The largest absolute Gasteiger partial charge is 0.319 e. The van der Waals surface area contributed by atoms with Gasteiger partial charge in [-0.1, -0.05) is 91.0 Å². The van der Waals surface area contributed by atoms with E-state index in [1.807, 2.05) is 77.1 Å². The highest BCUT2D eigenvalue weighted by Gasteiger charge is 2.08. The lowest BCUT2D eigenvalue weighted by atomic mass is 10.2. The molecule has 0 fully saturated rings. The van der Waals surface area contributed by atoms with E-state index in [2.05, 4.69) is 70.5 Å². The molecule has 0 unspecified atom stereocenters. The van der Waals surface area contributed by atoms with E-state index < -0.39 is 0 Å². The molecule has 1 aromatic carbocycles. The van der Waals surface area contributed by atoms with Crippen LogP contribution in [0.5, 0.6) is 0 Å². The zero-order valence-corrected chi connectivity index (χ0v) is 19.5. The predicted octanol–water partition coefficient (Wildman–Crippen LogP) is 9.33. The Balaban J connectivity index is -0.000000253. The number of rotatable bonds is 5. The van der Waals surface area contributed by atoms with Crippen LogP contribution in [-0.2, 0) is 0 Å². The van der Waals surface area contributed by atoms with Gasteiger partial charge in [0, 0.05) is 17.1 Å². The molecule has 0 heterocycles. The molecule has 0 aromatic heterocycles. The summed E-state index contributed by atoms with van der Waals surface area (Å²) in [5, 5.41) is 0. The van der Waals surface area contributed by atoms with Crippen molar-refractivity contribution in [2.45, 2.75) is 68.7 Å². The van der Waals surface area contributed by atoms with Crippen LogP contribution in [0.3, 0.4) is 0 Å². The first-order valence-corrected chi connectivity index (χ1v) is 10.1. The lowest BCUT2D eigenvalue weighted by Gasteiger charge is -2.26. The van der Waals surface area contributed by atoms with Crippen LogP contribution >= 0.6 is 0 Å². The zero-order valence-electron chi connectivity index (χ0n) is 19.5. The first-order chi connectivity index (χ1) is 13.1. The normalized spacial score (nSPS) is 9.81. The zero-order chi connectivity index (χ0) is 22.1. The minimum atomic E-state index is 1.15. The van der Waals surface area contributed by atoms with E-state index in [0.29, 0.717) is 0 Å². The summed E-state index contributed by atoms with van der Waals surface area (Å²) in [6.45, 7) is 28.2. The van der Waals surface area contributed by atoms with E-state index >= 15 is 0 Å². The number of hydrogen-bond donors (Lipinski definition) is 0. The van der Waals surface area contributed by atoms with Crippen molar-refractivity contribution in [1.82, 2.24) is 0 Å². The molecule has 0 bridgehead atoms. The lowest BCUT2D eigenvalue weighted by molar-refractivity contribution is 1.06. The Bertz CT molecular complexity index is 492. The van der Waals surface area contributed by atoms with Gasteiger partial charge in [-0.05, 0) is 45.1 Å². The van der Waals surface area contributed by atoms with Gasteiger partial charge in [0.25, 0.3) is 0 Å². The SMILES string of the molecule is C=C.C=C/C=C(\C)N(/C(C)=C/C=C\C)c1ccccc1.CC.CC.CCC. The molecule has 0 saturated heterocycles. The molecular formula is C26H45N. The Morgan fingerprint density at radius 2 is 1.30 bits per heavy atom. The molecule has 0 aliphatic rings. The van der Waals surface area contributed by atoms with Crippen molar-refractivity contribution < 1.29 is 0 Å². The number of hydrogen-bond acceptors (Lipinski definition) is 1. The van der Waals surface area contributed by atoms with Crippen LogP contribution in [0.25, 0.3) is 0 Å². The maximum absolute atomic E-state index is 3.76. The molecule has 1 rings (SSSR count). The van der Waals surface area contributed by atoms with Gasteiger partial charge in [-0.2, -0.15) is 0 Å². The first-order valence-electron chi connectivity index (χ1n) is 10.1. The Labute approximate surface area is 171 Å². The molecule has 1 heteroatoms. The van der Waals surface area contributed by atoms with Crippen molar-refractivity contribution in [3.05, 3.63) is 91.8 Å². The van der Waals surface area contributed by atoms with Crippen molar-refractivity contribution in [1.29, 1.82) is 0 Å². The van der Waals surface area contributed by atoms with E-state index in [4.69, 9.17) is 0 Å². The van der Waals surface area contributed by atoms with E-state index in [1.165, 1.54) is 12.1 Å². The van der Waals surface area contributed by atoms with E-state index in [1.54, 1.807) is 0 Å². The summed E-state index contributed by atoms with van der Waals surface area (Å²) in [4.78, 5) is 2.21. The van der Waals surface area contributed by atoms with Gasteiger partial charge in [0.2, 0.25) is 0 Å². The fraction of sp³-hybridized carbons (Fsp3) is 0.385. The van der Waals surface area contributed by atoms with E-state index in [9.17, 15) is 0 Å². The van der Waals surface area contributed by atoms with Gasteiger partial charge in [-0.25, -0.2) is 0 Å². The number of anilines is 1. The summed E-state index contributed by atoms with van der Waals surface area (Å²) in [6.07, 6.45) is 11.3. The quantitative estimate of drug-likeness (QED) is 0.368. The number of nitrogens with zero attached hydrogens (tertiary/aromatic N) is 1. The van der Waals surface area contributed by atoms with Gasteiger partial charge in [0.15, 0.2) is 0 Å². The average molecular weight is 372 g/mol. The number of para-hydroxylation sites is 1. The molecule has 0 radical (unpaired) electrons. The standard InChI is InChI=1S/C17H21N.C3H8.2C2H6.C2H4/c1-5-7-12-16(4)18(15(3)11-6-2)17-13-9-8-10-14-17;1-3-2;3*1-2/h5-14H,2H2,1,3-4H3;3H2,1-2H3;2*1-2H3;1-2H2/b7-5-,15-11+,16-12+;;;;. The van der Waals surface area contributed by atoms with Gasteiger partial charge in [0.1, 0.15) is 0 Å². The van der Waals surface area contributed by atoms with Gasteiger partial charge < -0.3 is 4.90 Å². The molecule has 0 N–H and O–H groups in total. The minimum absolute atomic E-state index is 1.15. The second-order valence-corrected chi connectivity index (χ2v) is 4.76. The second kappa shape index (κ2) is 28.5. The lowest BCUT2D eigenvalue weighted by Crippen LogP contribution is -2.18. The molecule has 0 aliphatic carbocycles. The maximum Gasteiger partial charge on any atom is 0.0454 e. The third kappa shape index (κ3) is 18.3. The third-order valence-corrected chi connectivity index (χ3v) is 2.61. The van der Waals surface area contributed by atoms with Crippen molar-refractivity contribution >= 4 is 5.69 Å². The Kier molecular flexibility index (Phi) is 34.2. The first kappa shape index (κ1) is 32.4. The van der Waals surface area contributed by atoms with Crippen LogP contribution in [0.4, 0.5) is 5.69 Å². The van der Waals surface area contributed by atoms with Gasteiger partial charge in [0.05, 0.1) is 0 Å². The van der Waals surface area contributed by atoms with Crippen LogP contribution in [0.15, 0.2) is 91.8 Å². The van der Waals surface area contributed by atoms with Crippen LogP contribution in [-0.4, -0.2) is 0 Å². The predicted molar refractivity (Wildman–Crippen MR) is 131 cm³/mol. The van der Waals surface area contributed by atoms with Crippen molar-refractivity contribution in [3.63, 3.8) is 0 Å². The molecule has 27 heavy (non-hydrogen) atoms. The molecule has 1 aromatic rings. The number of allylic oxidation sites excluding steroid dienone is 7. The summed E-state index contributed by atoms with van der Waals surface area (Å²) in [7, 11) is 0. The topological polar surface area (TPSA) is 3.24 Å². The summed E-state index contributed by atoms with van der Waals surface area (Å²) < 4.78 is 0. The number of benzene rings is 1.